The highest BCUT2D eigenvalue weighted by atomic mass is 14.6. The smallest absolute Gasteiger partial charge is 0.00389 e. The van der Waals surface area contributed by atoms with Gasteiger partial charge in [-0.15, -0.1) is 0 Å². The number of hydrogen-bond acceptors (Lipinski definition) is 1. The first-order valence-electron chi connectivity index (χ1n) is 7.58. The highest BCUT2D eigenvalue weighted by Gasteiger charge is 2.21. The van der Waals surface area contributed by atoms with Crippen LogP contribution in [0.5, 0.6) is 0 Å². The molecule has 0 spiro atoms. The highest BCUT2D eigenvalue weighted by Crippen LogP contribution is 2.34. The van der Waals surface area contributed by atoms with Gasteiger partial charge in [-0.2, -0.15) is 0 Å². The molecule has 1 rings (SSSR count). The fourth-order valence-electron chi connectivity index (χ4n) is 2.36. The fourth-order valence-corrected chi connectivity index (χ4v) is 2.36. The molecule has 0 amide bonds. The maximum Gasteiger partial charge on any atom is 0.00389 e. The summed E-state index contributed by atoms with van der Waals surface area (Å²) >= 11 is 0. The second kappa shape index (κ2) is 9.04. The average molecular weight is 225 g/mol. The van der Waals surface area contributed by atoms with E-state index in [2.05, 4.69) is 6.92 Å². The van der Waals surface area contributed by atoms with Gasteiger partial charge in [0.1, 0.15) is 0 Å². The van der Waals surface area contributed by atoms with Crippen LogP contribution in [0.3, 0.4) is 0 Å². The van der Waals surface area contributed by atoms with Gasteiger partial charge in [0.05, 0.1) is 0 Å². The molecule has 0 aliphatic heterocycles. The third kappa shape index (κ3) is 8.15. The Balaban J connectivity index is 1.75. The normalized spacial score (nSPS) is 17.6. The van der Waals surface area contributed by atoms with E-state index in [9.17, 15) is 0 Å². The first kappa shape index (κ1) is 14.0. The molecule has 96 valence electrons. The summed E-state index contributed by atoms with van der Waals surface area (Å²) in [6.07, 6.45) is 16.7. The van der Waals surface area contributed by atoms with E-state index < -0.39 is 0 Å². The largest absolute Gasteiger partial charge is 0.328 e. The third-order valence-corrected chi connectivity index (χ3v) is 3.82. The predicted molar refractivity (Wildman–Crippen MR) is 72.5 cm³/mol. The Morgan fingerprint density at radius 1 is 0.938 bits per heavy atom. The second-order valence-corrected chi connectivity index (χ2v) is 5.69. The van der Waals surface area contributed by atoms with Gasteiger partial charge >= 0.3 is 0 Å². The lowest BCUT2D eigenvalue weighted by molar-refractivity contribution is 0.487. The molecule has 1 atom stereocenters. The Kier molecular flexibility index (Phi) is 7.92. The fraction of sp³-hybridized carbons (Fsp3) is 1.00. The molecule has 2 N–H and O–H groups in total. The minimum Gasteiger partial charge on any atom is -0.328 e. The molecule has 0 bridgehead atoms. The standard InChI is InChI=1S/C15H31N/c1-2-3-4-5-6-7-8-9-15(16)13-12-14-10-11-14/h14-15H,2-13,16H2,1H3. The number of hydrogen-bond donors (Lipinski definition) is 1. The molecular formula is C15H31N. The summed E-state index contributed by atoms with van der Waals surface area (Å²) in [5.41, 5.74) is 6.11. The van der Waals surface area contributed by atoms with Crippen molar-refractivity contribution in [2.75, 3.05) is 0 Å². The zero-order valence-electron chi connectivity index (χ0n) is 11.2. The van der Waals surface area contributed by atoms with Crippen molar-refractivity contribution in [3.8, 4) is 0 Å². The Labute approximate surface area is 102 Å². The van der Waals surface area contributed by atoms with Gasteiger partial charge in [0.2, 0.25) is 0 Å². The first-order chi connectivity index (χ1) is 7.83. The van der Waals surface area contributed by atoms with Gasteiger partial charge in [0.25, 0.3) is 0 Å². The monoisotopic (exact) mass is 225 g/mol. The summed E-state index contributed by atoms with van der Waals surface area (Å²) in [6.45, 7) is 2.28. The van der Waals surface area contributed by atoms with Gasteiger partial charge in [-0.3, -0.25) is 0 Å². The van der Waals surface area contributed by atoms with E-state index in [1.54, 1.807) is 0 Å². The zero-order valence-corrected chi connectivity index (χ0v) is 11.2. The molecule has 1 unspecified atom stereocenters. The van der Waals surface area contributed by atoms with E-state index in [0.717, 1.165) is 5.92 Å². The van der Waals surface area contributed by atoms with Crippen molar-refractivity contribution in [1.82, 2.24) is 0 Å². The SMILES string of the molecule is CCCCCCCCCC(N)CCC1CC1. The topological polar surface area (TPSA) is 26.0 Å². The third-order valence-electron chi connectivity index (χ3n) is 3.82. The van der Waals surface area contributed by atoms with E-state index in [0.29, 0.717) is 6.04 Å². The lowest BCUT2D eigenvalue weighted by atomic mass is 10.0. The summed E-state index contributed by atoms with van der Waals surface area (Å²) in [6, 6.07) is 0.497. The van der Waals surface area contributed by atoms with E-state index in [-0.39, 0.29) is 0 Å². The van der Waals surface area contributed by atoms with Crippen LogP contribution in [0, 0.1) is 5.92 Å². The number of rotatable bonds is 11. The predicted octanol–water partition coefficient (Wildman–Crippen LogP) is 4.64. The average Bonchev–Trinajstić information content (AvgIpc) is 3.09. The summed E-state index contributed by atoms with van der Waals surface area (Å²) in [7, 11) is 0. The van der Waals surface area contributed by atoms with Crippen LogP contribution in [0.4, 0.5) is 0 Å². The molecule has 0 aromatic carbocycles. The van der Waals surface area contributed by atoms with Crippen molar-refractivity contribution in [2.24, 2.45) is 11.7 Å². The van der Waals surface area contributed by atoms with Crippen molar-refractivity contribution in [1.29, 1.82) is 0 Å². The summed E-state index contributed by atoms with van der Waals surface area (Å²) in [5.74, 6) is 1.06. The summed E-state index contributed by atoms with van der Waals surface area (Å²) in [5, 5.41) is 0. The van der Waals surface area contributed by atoms with Crippen LogP contribution in [-0.4, -0.2) is 6.04 Å². The lowest BCUT2D eigenvalue weighted by Crippen LogP contribution is -2.19. The molecule has 16 heavy (non-hydrogen) atoms. The molecule has 0 aromatic heterocycles. The van der Waals surface area contributed by atoms with Crippen molar-refractivity contribution in [3.05, 3.63) is 0 Å². The Hall–Kier alpha value is -0.0400. The van der Waals surface area contributed by atoms with Crippen LogP contribution in [0.25, 0.3) is 0 Å². The quantitative estimate of drug-likeness (QED) is 0.509. The Morgan fingerprint density at radius 3 is 2.19 bits per heavy atom. The van der Waals surface area contributed by atoms with E-state index in [4.69, 9.17) is 5.73 Å². The lowest BCUT2D eigenvalue weighted by Gasteiger charge is -2.10. The summed E-state index contributed by atoms with van der Waals surface area (Å²) in [4.78, 5) is 0. The van der Waals surface area contributed by atoms with Gasteiger partial charge in [-0.25, -0.2) is 0 Å². The number of nitrogens with two attached hydrogens (primary N) is 1. The molecule has 0 radical (unpaired) electrons. The minimum atomic E-state index is 0.497. The molecule has 0 saturated heterocycles. The highest BCUT2D eigenvalue weighted by molar-refractivity contribution is 4.75. The maximum atomic E-state index is 6.11. The molecular weight excluding hydrogens is 194 g/mol. The van der Waals surface area contributed by atoms with Gasteiger partial charge in [-0.1, -0.05) is 64.7 Å². The van der Waals surface area contributed by atoms with Crippen molar-refractivity contribution in [3.63, 3.8) is 0 Å². The summed E-state index contributed by atoms with van der Waals surface area (Å²) < 4.78 is 0. The van der Waals surface area contributed by atoms with E-state index >= 15 is 0 Å². The molecule has 1 heteroatoms. The van der Waals surface area contributed by atoms with Crippen LogP contribution in [0.2, 0.25) is 0 Å². The van der Waals surface area contributed by atoms with Crippen LogP contribution < -0.4 is 5.73 Å². The maximum absolute atomic E-state index is 6.11. The molecule has 0 heterocycles. The van der Waals surface area contributed by atoms with Gasteiger partial charge in [-0.05, 0) is 25.2 Å². The molecule has 1 saturated carbocycles. The van der Waals surface area contributed by atoms with E-state index in [1.165, 1.54) is 77.0 Å². The Bertz CT molecular complexity index is 152. The van der Waals surface area contributed by atoms with Gasteiger partial charge in [0.15, 0.2) is 0 Å². The zero-order chi connectivity index (χ0) is 11.6. The van der Waals surface area contributed by atoms with Crippen LogP contribution in [0.15, 0.2) is 0 Å². The van der Waals surface area contributed by atoms with E-state index in [1.807, 2.05) is 0 Å². The number of unbranched alkanes of at least 4 members (excludes halogenated alkanes) is 6. The molecule has 1 fully saturated rings. The van der Waals surface area contributed by atoms with Crippen LogP contribution in [-0.2, 0) is 0 Å². The minimum absolute atomic E-state index is 0.497. The molecule has 0 aromatic rings. The van der Waals surface area contributed by atoms with Crippen molar-refractivity contribution < 1.29 is 0 Å². The van der Waals surface area contributed by atoms with Crippen LogP contribution >= 0.6 is 0 Å². The van der Waals surface area contributed by atoms with Crippen molar-refractivity contribution in [2.45, 2.75) is 90.0 Å². The first-order valence-corrected chi connectivity index (χ1v) is 7.58. The molecule has 1 aliphatic carbocycles. The van der Waals surface area contributed by atoms with Gasteiger partial charge in [0, 0.05) is 6.04 Å². The molecule has 1 aliphatic rings. The van der Waals surface area contributed by atoms with Crippen molar-refractivity contribution >= 4 is 0 Å². The Morgan fingerprint density at radius 2 is 1.56 bits per heavy atom. The second-order valence-electron chi connectivity index (χ2n) is 5.69. The van der Waals surface area contributed by atoms with Gasteiger partial charge < -0.3 is 5.73 Å². The molecule has 1 nitrogen and oxygen atoms in total. The van der Waals surface area contributed by atoms with Crippen LogP contribution in [0.1, 0.15) is 84.0 Å².